The van der Waals surface area contributed by atoms with Crippen molar-refractivity contribution in [3.63, 3.8) is 0 Å². The number of anilines is 1. The van der Waals surface area contributed by atoms with Gasteiger partial charge in [-0.2, -0.15) is 0 Å². The van der Waals surface area contributed by atoms with Gasteiger partial charge in [0.05, 0.1) is 13.1 Å². The van der Waals surface area contributed by atoms with E-state index in [1.54, 1.807) is 0 Å². The number of aromatic nitrogens is 2. The Morgan fingerprint density at radius 2 is 2.20 bits per heavy atom. The second-order valence-corrected chi connectivity index (χ2v) is 4.63. The number of imidazole rings is 1. The molecular weight excluding hydrogens is 190 g/mol. The first kappa shape index (κ1) is 10.5. The summed E-state index contributed by atoms with van der Waals surface area (Å²) in [5.41, 5.74) is -0.523. The van der Waals surface area contributed by atoms with Crippen molar-refractivity contribution in [3.8, 4) is 0 Å². The van der Waals surface area contributed by atoms with Crippen molar-refractivity contribution in [2.24, 2.45) is 5.92 Å². The van der Waals surface area contributed by atoms with Crippen LogP contribution in [0.4, 0.5) is 5.95 Å². The first-order valence-corrected chi connectivity index (χ1v) is 5.55. The molecule has 84 valence electrons. The van der Waals surface area contributed by atoms with Crippen molar-refractivity contribution in [2.75, 3.05) is 18.0 Å². The summed E-state index contributed by atoms with van der Waals surface area (Å²) < 4.78 is 2.10. The van der Waals surface area contributed by atoms with E-state index in [9.17, 15) is 5.11 Å². The molecule has 4 nitrogen and oxygen atoms in total. The molecule has 15 heavy (non-hydrogen) atoms. The van der Waals surface area contributed by atoms with Crippen LogP contribution in [0.5, 0.6) is 0 Å². The Morgan fingerprint density at radius 1 is 1.53 bits per heavy atom. The molecule has 0 radical (unpaired) electrons. The van der Waals surface area contributed by atoms with Crippen LogP contribution in [0.1, 0.15) is 20.8 Å². The van der Waals surface area contributed by atoms with Crippen LogP contribution in [-0.4, -0.2) is 33.3 Å². The van der Waals surface area contributed by atoms with E-state index in [1.165, 1.54) is 0 Å². The number of aliphatic hydroxyl groups is 1. The maximum atomic E-state index is 10.1. The van der Waals surface area contributed by atoms with Crippen LogP contribution in [0.25, 0.3) is 0 Å². The largest absolute Gasteiger partial charge is 0.386 e. The van der Waals surface area contributed by atoms with Crippen LogP contribution < -0.4 is 4.90 Å². The summed E-state index contributed by atoms with van der Waals surface area (Å²) in [4.78, 5) is 6.44. The van der Waals surface area contributed by atoms with Crippen LogP contribution in [0.2, 0.25) is 0 Å². The molecule has 1 aromatic rings. The van der Waals surface area contributed by atoms with Crippen LogP contribution in [0, 0.1) is 5.92 Å². The Labute approximate surface area is 90.5 Å². The van der Waals surface area contributed by atoms with Gasteiger partial charge in [-0.05, 0) is 12.8 Å². The third kappa shape index (κ3) is 1.63. The van der Waals surface area contributed by atoms with Gasteiger partial charge < -0.3 is 14.6 Å². The summed E-state index contributed by atoms with van der Waals surface area (Å²) >= 11 is 0. The van der Waals surface area contributed by atoms with E-state index >= 15 is 0 Å². The van der Waals surface area contributed by atoms with Gasteiger partial charge in [-0.3, -0.25) is 0 Å². The van der Waals surface area contributed by atoms with Gasteiger partial charge in [0.1, 0.15) is 5.60 Å². The third-order valence-corrected chi connectivity index (χ3v) is 3.32. The highest BCUT2D eigenvalue weighted by molar-refractivity contribution is 5.38. The fraction of sp³-hybridized carbons (Fsp3) is 0.727. The quantitative estimate of drug-likeness (QED) is 0.810. The van der Waals surface area contributed by atoms with Gasteiger partial charge in [0.2, 0.25) is 5.95 Å². The Kier molecular flexibility index (Phi) is 2.46. The molecule has 0 bridgehead atoms. The van der Waals surface area contributed by atoms with E-state index in [-0.39, 0.29) is 0 Å². The molecule has 2 rings (SSSR count). The molecule has 0 saturated carbocycles. The van der Waals surface area contributed by atoms with E-state index in [4.69, 9.17) is 0 Å². The minimum Gasteiger partial charge on any atom is -0.386 e. The van der Waals surface area contributed by atoms with Gasteiger partial charge in [0, 0.05) is 18.9 Å². The lowest BCUT2D eigenvalue weighted by Gasteiger charge is -2.49. The number of nitrogens with zero attached hydrogens (tertiary/aromatic N) is 3. The molecule has 0 spiro atoms. The molecule has 0 unspecified atom stereocenters. The summed E-state index contributed by atoms with van der Waals surface area (Å²) in [5, 5.41) is 10.1. The summed E-state index contributed by atoms with van der Waals surface area (Å²) in [5.74, 6) is 1.28. The van der Waals surface area contributed by atoms with Crippen LogP contribution >= 0.6 is 0 Å². The van der Waals surface area contributed by atoms with Crippen molar-refractivity contribution in [3.05, 3.63) is 12.4 Å². The van der Waals surface area contributed by atoms with E-state index < -0.39 is 5.60 Å². The molecule has 1 aliphatic heterocycles. The second-order valence-electron chi connectivity index (χ2n) is 4.63. The molecule has 0 aromatic carbocycles. The molecule has 4 heteroatoms. The summed E-state index contributed by atoms with van der Waals surface area (Å²) in [7, 11) is 0. The average molecular weight is 209 g/mol. The predicted octanol–water partition coefficient (Wildman–Crippen LogP) is 1.11. The molecule has 1 aromatic heterocycles. The lowest BCUT2D eigenvalue weighted by atomic mass is 9.83. The van der Waals surface area contributed by atoms with Gasteiger partial charge >= 0.3 is 0 Å². The highest BCUT2D eigenvalue weighted by Gasteiger charge is 2.44. The first-order valence-electron chi connectivity index (χ1n) is 5.55. The molecule has 0 amide bonds. The Hall–Kier alpha value is -1.03. The number of aryl methyl sites for hydroxylation is 1. The zero-order valence-electron chi connectivity index (χ0n) is 9.64. The summed E-state index contributed by atoms with van der Waals surface area (Å²) in [6, 6.07) is 0. The van der Waals surface area contributed by atoms with Crippen molar-refractivity contribution in [2.45, 2.75) is 32.9 Å². The van der Waals surface area contributed by atoms with Crippen molar-refractivity contribution in [1.29, 1.82) is 0 Å². The predicted molar refractivity (Wildman–Crippen MR) is 59.9 cm³/mol. The molecule has 1 aliphatic rings. The maximum Gasteiger partial charge on any atom is 0.205 e. The smallest absolute Gasteiger partial charge is 0.205 e. The molecule has 1 saturated heterocycles. The van der Waals surface area contributed by atoms with E-state index in [0.717, 1.165) is 12.5 Å². The second kappa shape index (κ2) is 3.52. The first-order chi connectivity index (χ1) is 7.07. The minimum atomic E-state index is -0.523. The standard InChI is InChI=1S/C11H19N3O/c1-4-13-6-5-12-10(13)14-7-11(15,8-14)9(2)3/h5-6,9,15H,4,7-8H2,1-3H3. The molecular formula is C11H19N3O. The fourth-order valence-corrected chi connectivity index (χ4v) is 1.95. The lowest BCUT2D eigenvalue weighted by molar-refractivity contribution is -0.0311. The van der Waals surface area contributed by atoms with Gasteiger partial charge in [-0.15, -0.1) is 0 Å². The maximum absolute atomic E-state index is 10.1. The van der Waals surface area contributed by atoms with E-state index in [1.807, 2.05) is 12.4 Å². The normalized spacial score (nSPS) is 19.4. The fourth-order valence-electron chi connectivity index (χ4n) is 1.95. The van der Waals surface area contributed by atoms with Crippen LogP contribution in [-0.2, 0) is 6.54 Å². The van der Waals surface area contributed by atoms with Gasteiger partial charge in [0.15, 0.2) is 0 Å². The Bertz CT molecular complexity index is 339. The minimum absolute atomic E-state index is 0.304. The molecule has 2 heterocycles. The average Bonchev–Trinajstić information content (AvgIpc) is 2.59. The van der Waals surface area contributed by atoms with Crippen molar-refractivity contribution < 1.29 is 5.11 Å². The third-order valence-electron chi connectivity index (χ3n) is 3.32. The van der Waals surface area contributed by atoms with E-state index in [0.29, 0.717) is 19.0 Å². The molecule has 1 N–H and O–H groups in total. The Balaban J connectivity index is 2.06. The van der Waals surface area contributed by atoms with Crippen LogP contribution in [0.3, 0.4) is 0 Å². The topological polar surface area (TPSA) is 41.3 Å². The van der Waals surface area contributed by atoms with Crippen LogP contribution in [0.15, 0.2) is 12.4 Å². The molecule has 1 fully saturated rings. The Morgan fingerprint density at radius 3 is 2.73 bits per heavy atom. The van der Waals surface area contributed by atoms with Gasteiger partial charge in [0.25, 0.3) is 0 Å². The van der Waals surface area contributed by atoms with E-state index in [2.05, 4.69) is 35.2 Å². The zero-order valence-corrected chi connectivity index (χ0v) is 9.64. The highest BCUT2D eigenvalue weighted by atomic mass is 16.3. The zero-order chi connectivity index (χ0) is 11.1. The lowest BCUT2D eigenvalue weighted by Crippen LogP contribution is -2.65. The number of β-amino-alcohol motifs (C(OH)–C–C–N with tert-alkyl or cyclic N) is 1. The SMILES string of the molecule is CCn1ccnc1N1CC(O)(C(C)C)C1. The number of rotatable bonds is 3. The van der Waals surface area contributed by atoms with Crippen molar-refractivity contribution >= 4 is 5.95 Å². The van der Waals surface area contributed by atoms with Gasteiger partial charge in [-0.1, -0.05) is 13.8 Å². The molecule has 0 aliphatic carbocycles. The highest BCUT2D eigenvalue weighted by Crippen LogP contribution is 2.31. The van der Waals surface area contributed by atoms with Crippen molar-refractivity contribution in [1.82, 2.24) is 9.55 Å². The molecule has 0 atom stereocenters. The number of hydrogen-bond acceptors (Lipinski definition) is 3. The summed E-state index contributed by atoms with van der Waals surface area (Å²) in [6.45, 7) is 8.53. The van der Waals surface area contributed by atoms with Gasteiger partial charge in [-0.25, -0.2) is 4.98 Å². The monoisotopic (exact) mass is 209 g/mol. The summed E-state index contributed by atoms with van der Waals surface area (Å²) in [6.07, 6.45) is 3.79. The number of hydrogen-bond donors (Lipinski definition) is 1.